The molecule has 102 valence electrons. The highest BCUT2D eigenvalue weighted by Crippen LogP contribution is 2.16. The third-order valence-corrected chi connectivity index (χ3v) is 2.49. The highest BCUT2D eigenvalue weighted by Gasteiger charge is 2.35. The Balaban J connectivity index is 4.38. The van der Waals surface area contributed by atoms with E-state index in [1.54, 1.807) is 6.92 Å². The molecule has 0 aliphatic rings. The first-order valence-electron chi connectivity index (χ1n) is 6.30. The van der Waals surface area contributed by atoms with Crippen molar-refractivity contribution < 1.29 is 14.6 Å². The van der Waals surface area contributed by atoms with E-state index in [4.69, 9.17) is 4.74 Å². The van der Waals surface area contributed by atoms with E-state index >= 15 is 0 Å². The van der Waals surface area contributed by atoms with Crippen LogP contribution in [0.15, 0.2) is 0 Å². The molecule has 0 bridgehead atoms. The van der Waals surface area contributed by atoms with Crippen LogP contribution in [0.3, 0.4) is 0 Å². The minimum absolute atomic E-state index is 0.0650. The Morgan fingerprint density at radius 1 is 1.29 bits per heavy atom. The summed E-state index contributed by atoms with van der Waals surface area (Å²) in [5.41, 5.74) is -0.926. The van der Waals surface area contributed by atoms with Crippen molar-refractivity contribution >= 4 is 5.97 Å². The van der Waals surface area contributed by atoms with E-state index in [2.05, 4.69) is 19.2 Å². The maximum absolute atomic E-state index is 11.3. The summed E-state index contributed by atoms with van der Waals surface area (Å²) >= 11 is 0. The summed E-state index contributed by atoms with van der Waals surface area (Å²) in [7, 11) is 0. The number of aliphatic carboxylic acids is 1. The predicted octanol–water partition coefficient (Wildman–Crippen LogP) is 2.28. The van der Waals surface area contributed by atoms with E-state index in [1.165, 1.54) is 0 Å². The molecule has 0 radical (unpaired) electrons. The lowest BCUT2D eigenvalue weighted by Crippen LogP contribution is -2.54. The normalized spacial score (nSPS) is 17.2. The molecule has 0 spiro atoms. The number of hydrogen-bond acceptors (Lipinski definition) is 3. The summed E-state index contributed by atoms with van der Waals surface area (Å²) < 4.78 is 5.63. The van der Waals surface area contributed by atoms with Crippen molar-refractivity contribution in [2.75, 3.05) is 6.61 Å². The van der Waals surface area contributed by atoms with Gasteiger partial charge < -0.3 is 9.84 Å². The molecular formula is C13H27NO3. The quantitative estimate of drug-likeness (QED) is 0.689. The number of rotatable bonds is 8. The molecule has 0 rings (SSSR count). The molecule has 0 saturated carbocycles. The molecule has 0 aromatic rings. The van der Waals surface area contributed by atoms with Gasteiger partial charge in [-0.05, 0) is 33.6 Å². The number of carboxylic acids is 1. The van der Waals surface area contributed by atoms with Crippen LogP contribution in [0.2, 0.25) is 0 Å². The topological polar surface area (TPSA) is 58.6 Å². The lowest BCUT2D eigenvalue weighted by Gasteiger charge is -2.31. The standard InChI is InChI=1S/C13H27NO3/c1-9(2)8-17-11(5)7-13(6,12(15)16)14-10(3)4/h9-11,14H,7-8H2,1-6H3,(H,15,16). The van der Waals surface area contributed by atoms with Gasteiger partial charge in [0.1, 0.15) is 5.54 Å². The Morgan fingerprint density at radius 2 is 1.82 bits per heavy atom. The van der Waals surface area contributed by atoms with Gasteiger partial charge in [-0.15, -0.1) is 0 Å². The van der Waals surface area contributed by atoms with Crippen LogP contribution in [-0.2, 0) is 9.53 Å². The molecule has 0 aromatic heterocycles. The molecule has 0 saturated heterocycles. The predicted molar refractivity (Wildman–Crippen MR) is 69.2 cm³/mol. The molecule has 2 atom stereocenters. The second-order valence-electron chi connectivity index (χ2n) is 5.68. The SMILES string of the molecule is CC(C)COC(C)CC(C)(NC(C)C)C(=O)O. The van der Waals surface area contributed by atoms with Gasteiger partial charge in [0, 0.05) is 19.1 Å². The summed E-state index contributed by atoms with van der Waals surface area (Å²) in [6.07, 6.45) is 0.400. The van der Waals surface area contributed by atoms with E-state index in [0.717, 1.165) is 0 Å². The first-order valence-corrected chi connectivity index (χ1v) is 6.30. The van der Waals surface area contributed by atoms with Gasteiger partial charge in [-0.25, -0.2) is 0 Å². The monoisotopic (exact) mass is 245 g/mol. The molecule has 4 heteroatoms. The van der Waals surface area contributed by atoms with Crippen LogP contribution >= 0.6 is 0 Å². The first kappa shape index (κ1) is 16.4. The van der Waals surface area contributed by atoms with Crippen LogP contribution < -0.4 is 5.32 Å². The number of nitrogens with one attached hydrogen (secondary N) is 1. The number of carboxylic acid groups (broad SMARTS) is 1. The van der Waals surface area contributed by atoms with Crippen LogP contribution in [0.4, 0.5) is 0 Å². The van der Waals surface area contributed by atoms with Crippen LogP contribution in [0, 0.1) is 5.92 Å². The van der Waals surface area contributed by atoms with Gasteiger partial charge in [-0.3, -0.25) is 10.1 Å². The van der Waals surface area contributed by atoms with E-state index in [-0.39, 0.29) is 12.1 Å². The Labute approximate surface area is 105 Å². The largest absolute Gasteiger partial charge is 0.480 e. The van der Waals surface area contributed by atoms with E-state index in [9.17, 15) is 9.90 Å². The van der Waals surface area contributed by atoms with Crippen molar-refractivity contribution in [3.8, 4) is 0 Å². The van der Waals surface area contributed by atoms with Crippen molar-refractivity contribution in [3.05, 3.63) is 0 Å². The molecule has 0 heterocycles. The van der Waals surface area contributed by atoms with Crippen molar-refractivity contribution in [2.24, 2.45) is 5.92 Å². The molecule has 0 fully saturated rings. The molecule has 0 aliphatic carbocycles. The van der Waals surface area contributed by atoms with Gasteiger partial charge in [0.2, 0.25) is 0 Å². The molecule has 0 aliphatic heterocycles. The second kappa shape index (κ2) is 6.97. The molecule has 0 aromatic carbocycles. The van der Waals surface area contributed by atoms with Gasteiger partial charge in [0.15, 0.2) is 0 Å². The Morgan fingerprint density at radius 3 is 2.18 bits per heavy atom. The minimum Gasteiger partial charge on any atom is -0.480 e. The molecule has 0 amide bonds. The number of ether oxygens (including phenoxy) is 1. The Bertz CT molecular complexity index is 241. The van der Waals surface area contributed by atoms with E-state index in [1.807, 2.05) is 20.8 Å². The average Bonchev–Trinajstić information content (AvgIpc) is 2.12. The highest BCUT2D eigenvalue weighted by molar-refractivity contribution is 5.78. The van der Waals surface area contributed by atoms with Gasteiger partial charge in [0.05, 0.1) is 6.10 Å². The van der Waals surface area contributed by atoms with Crippen molar-refractivity contribution in [1.82, 2.24) is 5.32 Å². The van der Waals surface area contributed by atoms with E-state index in [0.29, 0.717) is 18.9 Å². The first-order chi connectivity index (χ1) is 7.67. The summed E-state index contributed by atoms with van der Waals surface area (Å²) in [4.78, 5) is 11.3. The smallest absolute Gasteiger partial charge is 0.323 e. The van der Waals surface area contributed by atoms with Gasteiger partial charge >= 0.3 is 5.97 Å². The van der Waals surface area contributed by atoms with E-state index < -0.39 is 11.5 Å². The molecule has 4 nitrogen and oxygen atoms in total. The van der Waals surface area contributed by atoms with Crippen LogP contribution in [0.5, 0.6) is 0 Å². The maximum atomic E-state index is 11.3. The molecule has 2 N–H and O–H groups in total. The van der Waals surface area contributed by atoms with Crippen molar-refractivity contribution in [2.45, 2.75) is 65.6 Å². The lowest BCUT2D eigenvalue weighted by atomic mass is 9.94. The number of carbonyl (C=O) groups is 1. The average molecular weight is 245 g/mol. The minimum atomic E-state index is -0.926. The summed E-state index contributed by atoms with van der Waals surface area (Å²) in [6, 6.07) is 0.133. The van der Waals surface area contributed by atoms with Crippen molar-refractivity contribution in [1.29, 1.82) is 0 Å². The second-order valence-corrected chi connectivity index (χ2v) is 5.68. The molecule has 2 unspecified atom stereocenters. The Hall–Kier alpha value is -0.610. The maximum Gasteiger partial charge on any atom is 0.323 e. The summed E-state index contributed by atoms with van der Waals surface area (Å²) in [5, 5.41) is 12.4. The third kappa shape index (κ3) is 6.64. The van der Waals surface area contributed by atoms with Crippen LogP contribution in [-0.4, -0.2) is 35.4 Å². The molecular weight excluding hydrogens is 218 g/mol. The molecule has 17 heavy (non-hydrogen) atoms. The lowest BCUT2D eigenvalue weighted by molar-refractivity contribution is -0.146. The summed E-state index contributed by atoms with van der Waals surface area (Å²) in [5.74, 6) is -0.363. The zero-order valence-corrected chi connectivity index (χ0v) is 11.9. The summed E-state index contributed by atoms with van der Waals surface area (Å²) in [6.45, 7) is 12.3. The zero-order valence-electron chi connectivity index (χ0n) is 11.9. The zero-order chi connectivity index (χ0) is 13.6. The fourth-order valence-electron chi connectivity index (χ4n) is 1.84. The van der Waals surface area contributed by atoms with Crippen LogP contribution in [0.25, 0.3) is 0 Å². The number of hydrogen-bond donors (Lipinski definition) is 2. The van der Waals surface area contributed by atoms with Gasteiger partial charge in [0.25, 0.3) is 0 Å². The third-order valence-electron chi connectivity index (χ3n) is 2.49. The van der Waals surface area contributed by atoms with Crippen molar-refractivity contribution in [3.63, 3.8) is 0 Å². The van der Waals surface area contributed by atoms with Gasteiger partial charge in [-0.2, -0.15) is 0 Å². The van der Waals surface area contributed by atoms with Gasteiger partial charge in [-0.1, -0.05) is 13.8 Å². The fourth-order valence-corrected chi connectivity index (χ4v) is 1.84. The highest BCUT2D eigenvalue weighted by atomic mass is 16.5. The Kier molecular flexibility index (Phi) is 6.72. The van der Waals surface area contributed by atoms with Crippen LogP contribution in [0.1, 0.15) is 48.0 Å². The fraction of sp³-hybridized carbons (Fsp3) is 0.923.